The maximum absolute atomic E-state index is 13.5. The summed E-state index contributed by atoms with van der Waals surface area (Å²) >= 11 is 1.38. The van der Waals surface area contributed by atoms with Crippen LogP contribution in [0.2, 0.25) is 0 Å². The third-order valence-electron chi connectivity index (χ3n) is 7.24. The Hall–Kier alpha value is -4.12. The van der Waals surface area contributed by atoms with Crippen molar-refractivity contribution < 1.29 is 19.8 Å². The Bertz CT molecular complexity index is 1510. The first kappa shape index (κ1) is 31.8. The lowest BCUT2D eigenvalue weighted by Crippen LogP contribution is -2.49. The van der Waals surface area contributed by atoms with Gasteiger partial charge in [0.2, 0.25) is 0 Å². The molecule has 4 aromatic rings. The Kier molecular flexibility index (Phi) is 11.0. The van der Waals surface area contributed by atoms with Gasteiger partial charge in [-0.1, -0.05) is 50.2 Å². The maximum atomic E-state index is 13.5. The van der Waals surface area contributed by atoms with Crippen LogP contribution in [0, 0.1) is 0 Å². The number of carbonyl (C=O) groups is 2. The first-order valence-corrected chi connectivity index (χ1v) is 15.1. The van der Waals surface area contributed by atoms with Gasteiger partial charge >= 0.3 is 0 Å². The molecule has 2 aromatic carbocycles. The molecule has 0 spiro atoms. The van der Waals surface area contributed by atoms with Gasteiger partial charge in [0.25, 0.3) is 11.8 Å². The van der Waals surface area contributed by atoms with E-state index in [1.54, 1.807) is 42.9 Å². The van der Waals surface area contributed by atoms with Crippen molar-refractivity contribution >= 4 is 28.8 Å². The highest BCUT2D eigenvalue weighted by Gasteiger charge is 2.25. The molecule has 2 atom stereocenters. The SMILES string of the molecule is CC(C)c1cncc(N(C)C[C@@H](O)[C@H](Cc2ccccc2)NC(=O)c2cccc(C(=O)N(C)Cc3nc(CO)cs3)c2)c1. The molecule has 3 N–H and O–H groups in total. The summed E-state index contributed by atoms with van der Waals surface area (Å²) in [6.45, 7) is 4.63. The molecule has 10 heteroatoms. The van der Waals surface area contributed by atoms with Gasteiger partial charge < -0.3 is 25.3 Å². The minimum atomic E-state index is -0.894. The Morgan fingerprint density at radius 1 is 1.00 bits per heavy atom. The lowest BCUT2D eigenvalue weighted by Gasteiger charge is -2.29. The number of anilines is 1. The molecule has 0 aliphatic carbocycles. The minimum absolute atomic E-state index is 0.149. The summed E-state index contributed by atoms with van der Waals surface area (Å²) < 4.78 is 0. The van der Waals surface area contributed by atoms with E-state index >= 15 is 0 Å². The lowest BCUT2D eigenvalue weighted by atomic mass is 9.99. The molecule has 226 valence electrons. The van der Waals surface area contributed by atoms with Gasteiger partial charge in [0.05, 0.1) is 42.9 Å². The first-order valence-electron chi connectivity index (χ1n) is 14.2. The van der Waals surface area contributed by atoms with Gasteiger partial charge in [-0.15, -0.1) is 11.3 Å². The van der Waals surface area contributed by atoms with Crippen LogP contribution in [0.3, 0.4) is 0 Å². The summed E-state index contributed by atoms with van der Waals surface area (Å²) in [5, 5.41) is 26.2. The van der Waals surface area contributed by atoms with E-state index < -0.39 is 12.1 Å². The zero-order valence-electron chi connectivity index (χ0n) is 25.0. The average Bonchev–Trinajstić information content (AvgIpc) is 3.48. The number of nitrogens with one attached hydrogen (secondary N) is 1. The maximum Gasteiger partial charge on any atom is 0.253 e. The molecular formula is C33H39N5O4S. The molecule has 0 radical (unpaired) electrons. The largest absolute Gasteiger partial charge is 0.390 e. The van der Waals surface area contributed by atoms with Gasteiger partial charge in [-0.3, -0.25) is 14.6 Å². The zero-order chi connectivity index (χ0) is 30.9. The summed E-state index contributed by atoms with van der Waals surface area (Å²) in [5.74, 6) is -0.309. The number of aliphatic hydroxyl groups excluding tert-OH is 2. The Morgan fingerprint density at radius 2 is 1.74 bits per heavy atom. The number of aliphatic hydroxyl groups is 2. The molecule has 0 bridgehead atoms. The van der Waals surface area contributed by atoms with E-state index in [4.69, 9.17) is 0 Å². The van der Waals surface area contributed by atoms with Crippen molar-refractivity contribution in [3.05, 3.63) is 111 Å². The minimum Gasteiger partial charge on any atom is -0.390 e. The number of benzene rings is 2. The second-order valence-corrected chi connectivity index (χ2v) is 11.9. The van der Waals surface area contributed by atoms with Gasteiger partial charge in [-0.25, -0.2) is 4.98 Å². The third-order valence-corrected chi connectivity index (χ3v) is 8.13. The molecule has 0 saturated carbocycles. The van der Waals surface area contributed by atoms with E-state index in [0.29, 0.717) is 34.2 Å². The normalized spacial score (nSPS) is 12.5. The zero-order valence-corrected chi connectivity index (χ0v) is 25.8. The molecule has 2 aromatic heterocycles. The fourth-order valence-corrected chi connectivity index (χ4v) is 5.51. The molecule has 4 rings (SSSR count). The Balaban J connectivity index is 1.48. The smallest absolute Gasteiger partial charge is 0.253 e. The molecule has 9 nitrogen and oxygen atoms in total. The number of amides is 2. The second-order valence-electron chi connectivity index (χ2n) is 11.0. The molecule has 0 unspecified atom stereocenters. The van der Waals surface area contributed by atoms with Crippen molar-refractivity contribution in [3.63, 3.8) is 0 Å². The summed E-state index contributed by atoms with van der Waals surface area (Å²) in [6, 6.07) is 17.7. The Labute approximate surface area is 256 Å². The van der Waals surface area contributed by atoms with Gasteiger partial charge in [-0.05, 0) is 47.7 Å². The number of likely N-dealkylation sites (N-methyl/N-ethyl adjacent to an activating group) is 1. The number of hydrogen-bond acceptors (Lipinski definition) is 8. The van der Waals surface area contributed by atoms with E-state index in [9.17, 15) is 19.8 Å². The lowest BCUT2D eigenvalue weighted by molar-refractivity contribution is 0.0784. The van der Waals surface area contributed by atoms with Crippen molar-refractivity contribution in [2.45, 2.75) is 51.5 Å². The summed E-state index contributed by atoms with van der Waals surface area (Å²) in [5.41, 5.74) is 4.23. The van der Waals surface area contributed by atoms with Crippen LogP contribution in [0.5, 0.6) is 0 Å². The molecule has 0 aliphatic rings. The van der Waals surface area contributed by atoms with E-state index in [1.165, 1.54) is 16.2 Å². The van der Waals surface area contributed by atoms with Crippen LogP contribution in [-0.2, 0) is 19.6 Å². The number of carbonyl (C=O) groups excluding carboxylic acids is 2. The van der Waals surface area contributed by atoms with Crippen LogP contribution in [0.25, 0.3) is 0 Å². The van der Waals surface area contributed by atoms with Crippen LogP contribution in [-0.4, -0.2) is 69.7 Å². The molecular weight excluding hydrogens is 562 g/mol. The Morgan fingerprint density at radius 3 is 2.44 bits per heavy atom. The van der Waals surface area contributed by atoms with Crippen LogP contribution in [0.1, 0.15) is 62.3 Å². The number of thiazole rings is 1. The standard InChI is InChI=1S/C33H39N5O4S/c1-22(2)26-15-28(17-34-16-26)37(3)18-30(40)29(13-23-9-6-5-7-10-23)36-32(41)24-11-8-12-25(14-24)33(42)38(4)19-31-35-27(20-39)21-43-31/h5-12,14-17,21-22,29-30,39-40H,13,18-20H2,1-4H3,(H,36,41)/t29-,30+/m0/s1. The van der Waals surface area contributed by atoms with Crippen LogP contribution >= 0.6 is 11.3 Å². The highest BCUT2D eigenvalue weighted by atomic mass is 32.1. The van der Waals surface area contributed by atoms with Gasteiger partial charge in [0.15, 0.2) is 0 Å². The summed E-state index contributed by atoms with van der Waals surface area (Å²) in [7, 11) is 3.57. The highest BCUT2D eigenvalue weighted by Crippen LogP contribution is 2.21. The predicted octanol–water partition coefficient (Wildman–Crippen LogP) is 4.26. The first-order chi connectivity index (χ1) is 20.6. The second kappa shape index (κ2) is 14.9. The van der Waals surface area contributed by atoms with E-state index in [-0.39, 0.29) is 31.5 Å². The van der Waals surface area contributed by atoms with Crippen molar-refractivity contribution in [1.29, 1.82) is 0 Å². The fraction of sp³-hybridized carbons (Fsp3) is 0.333. The van der Waals surface area contributed by atoms with E-state index in [1.807, 2.05) is 48.5 Å². The number of nitrogens with zero attached hydrogens (tertiary/aromatic N) is 4. The average molecular weight is 602 g/mol. The van der Waals surface area contributed by atoms with Gasteiger partial charge in [0.1, 0.15) is 5.01 Å². The highest BCUT2D eigenvalue weighted by molar-refractivity contribution is 7.09. The molecule has 0 saturated heterocycles. The number of aromatic nitrogens is 2. The molecule has 2 amide bonds. The topological polar surface area (TPSA) is 119 Å². The number of rotatable bonds is 13. The number of hydrogen-bond donors (Lipinski definition) is 3. The van der Waals surface area contributed by atoms with Gasteiger partial charge in [0, 0.05) is 43.3 Å². The van der Waals surface area contributed by atoms with Crippen molar-refractivity contribution in [2.75, 3.05) is 25.5 Å². The molecule has 0 aliphatic heterocycles. The predicted molar refractivity (Wildman–Crippen MR) is 169 cm³/mol. The summed E-state index contributed by atoms with van der Waals surface area (Å²) in [6.07, 6.45) is 3.15. The van der Waals surface area contributed by atoms with E-state index in [2.05, 4.69) is 35.2 Å². The van der Waals surface area contributed by atoms with E-state index in [0.717, 1.165) is 16.8 Å². The fourth-order valence-electron chi connectivity index (χ4n) is 4.67. The van der Waals surface area contributed by atoms with Crippen molar-refractivity contribution in [1.82, 2.24) is 20.2 Å². The summed E-state index contributed by atoms with van der Waals surface area (Å²) in [4.78, 5) is 38.8. The van der Waals surface area contributed by atoms with Crippen LogP contribution < -0.4 is 10.2 Å². The quantitative estimate of drug-likeness (QED) is 0.210. The molecule has 0 fully saturated rings. The molecule has 43 heavy (non-hydrogen) atoms. The van der Waals surface area contributed by atoms with Gasteiger partial charge in [-0.2, -0.15) is 0 Å². The molecule has 2 heterocycles. The van der Waals surface area contributed by atoms with Crippen molar-refractivity contribution in [2.24, 2.45) is 0 Å². The van der Waals surface area contributed by atoms with Crippen LogP contribution in [0.15, 0.2) is 78.4 Å². The third kappa shape index (κ3) is 8.70. The monoisotopic (exact) mass is 601 g/mol. The van der Waals surface area contributed by atoms with Crippen molar-refractivity contribution in [3.8, 4) is 0 Å². The van der Waals surface area contributed by atoms with Crippen LogP contribution in [0.4, 0.5) is 5.69 Å². The number of pyridine rings is 1.